The fraction of sp³-hybridized carbons (Fsp3) is 0.467. The summed E-state index contributed by atoms with van der Waals surface area (Å²) in [6, 6.07) is 8.87. The van der Waals surface area contributed by atoms with Gasteiger partial charge in [0.15, 0.2) is 0 Å². The van der Waals surface area contributed by atoms with Crippen LogP contribution in [0.1, 0.15) is 30.4 Å². The van der Waals surface area contributed by atoms with E-state index in [0.717, 1.165) is 13.1 Å². The van der Waals surface area contributed by atoms with Crippen molar-refractivity contribution in [3.63, 3.8) is 0 Å². The summed E-state index contributed by atoms with van der Waals surface area (Å²) in [4.78, 5) is 2.30. The van der Waals surface area contributed by atoms with Crippen molar-refractivity contribution in [3.05, 3.63) is 48.0 Å². The van der Waals surface area contributed by atoms with Crippen molar-refractivity contribution in [1.82, 2.24) is 4.90 Å². The molecule has 1 aromatic carbocycles. The van der Waals surface area contributed by atoms with Crippen LogP contribution < -0.4 is 0 Å². The van der Waals surface area contributed by atoms with E-state index in [-0.39, 0.29) is 0 Å². The van der Waals surface area contributed by atoms with E-state index in [4.69, 9.17) is 0 Å². The van der Waals surface area contributed by atoms with E-state index in [1.165, 1.54) is 17.5 Å². The van der Waals surface area contributed by atoms with Crippen molar-refractivity contribution in [2.75, 3.05) is 20.1 Å². The fourth-order valence-electron chi connectivity index (χ4n) is 1.79. The summed E-state index contributed by atoms with van der Waals surface area (Å²) >= 11 is 0. The highest BCUT2D eigenvalue weighted by Gasteiger charge is 2.06. The maximum atomic E-state index is 3.75. The standard InChI is InChI=1S/C15H23N/c1-5-11-16(4)12-10-14(3)15-8-6-13(2)7-9-15/h5-9,14H,1,10-12H2,2-4H3. The first-order valence-electron chi connectivity index (χ1n) is 5.99. The number of benzene rings is 1. The zero-order chi connectivity index (χ0) is 12.0. The van der Waals surface area contributed by atoms with Gasteiger partial charge in [-0.05, 0) is 38.4 Å². The molecular formula is C15H23N. The van der Waals surface area contributed by atoms with E-state index in [9.17, 15) is 0 Å². The maximum Gasteiger partial charge on any atom is 0.0157 e. The molecule has 1 atom stereocenters. The molecule has 1 heteroatoms. The first kappa shape index (κ1) is 13.0. The molecule has 16 heavy (non-hydrogen) atoms. The van der Waals surface area contributed by atoms with Gasteiger partial charge in [0.1, 0.15) is 0 Å². The van der Waals surface area contributed by atoms with Gasteiger partial charge in [0.05, 0.1) is 0 Å². The van der Waals surface area contributed by atoms with Crippen molar-refractivity contribution < 1.29 is 0 Å². The molecule has 0 amide bonds. The molecule has 88 valence electrons. The van der Waals surface area contributed by atoms with Crippen molar-refractivity contribution in [2.45, 2.75) is 26.2 Å². The summed E-state index contributed by atoms with van der Waals surface area (Å²) < 4.78 is 0. The normalized spacial score (nSPS) is 12.8. The van der Waals surface area contributed by atoms with Crippen LogP contribution in [0.4, 0.5) is 0 Å². The van der Waals surface area contributed by atoms with E-state index in [1.807, 2.05) is 6.08 Å². The minimum Gasteiger partial charge on any atom is -0.303 e. The Morgan fingerprint density at radius 1 is 1.31 bits per heavy atom. The first-order chi connectivity index (χ1) is 7.63. The largest absolute Gasteiger partial charge is 0.303 e. The second kappa shape index (κ2) is 6.49. The Morgan fingerprint density at radius 3 is 2.50 bits per heavy atom. The van der Waals surface area contributed by atoms with Crippen LogP contribution in [-0.2, 0) is 0 Å². The van der Waals surface area contributed by atoms with Crippen LogP contribution in [-0.4, -0.2) is 25.0 Å². The van der Waals surface area contributed by atoms with Crippen LogP contribution in [0.3, 0.4) is 0 Å². The van der Waals surface area contributed by atoms with Crippen molar-refractivity contribution in [3.8, 4) is 0 Å². The van der Waals surface area contributed by atoms with Gasteiger partial charge in [-0.15, -0.1) is 6.58 Å². The van der Waals surface area contributed by atoms with Crippen molar-refractivity contribution in [1.29, 1.82) is 0 Å². The molecule has 0 aliphatic rings. The number of hydrogen-bond acceptors (Lipinski definition) is 1. The highest BCUT2D eigenvalue weighted by atomic mass is 15.1. The van der Waals surface area contributed by atoms with Crippen LogP contribution in [0.25, 0.3) is 0 Å². The topological polar surface area (TPSA) is 3.24 Å². The molecule has 0 aliphatic heterocycles. The third kappa shape index (κ3) is 4.19. The number of rotatable bonds is 6. The molecule has 1 nitrogen and oxygen atoms in total. The Morgan fingerprint density at radius 2 is 1.94 bits per heavy atom. The van der Waals surface area contributed by atoms with E-state index < -0.39 is 0 Å². The minimum atomic E-state index is 0.632. The molecule has 0 N–H and O–H groups in total. The monoisotopic (exact) mass is 217 g/mol. The average Bonchev–Trinajstić information content (AvgIpc) is 2.27. The summed E-state index contributed by atoms with van der Waals surface area (Å²) in [5.41, 5.74) is 2.78. The molecular weight excluding hydrogens is 194 g/mol. The lowest BCUT2D eigenvalue weighted by atomic mass is 9.97. The van der Waals surface area contributed by atoms with Crippen LogP contribution in [0, 0.1) is 6.92 Å². The van der Waals surface area contributed by atoms with Gasteiger partial charge in [-0.3, -0.25) is 0 Å². The maximum absolute atomic E-state index is 3.75. The summed E-state index contributed by atoms with van der Waals surface area (Å²) in [7, 11) is 2.14. The molecule has 0 aliphatic carbocycles. The number of likely N-dealkylation sites (N-methyl/N-ethyl adjacent to an activating group) is 1. The Labute approximate surface area is 99.8 Å². The smallest absolute Gasteiger partial charge is 0.0157 e. The number of aryl methyl sites for hydroxylation is 1. The highest BCUT2D eigenvalue weighted by molar-refractivity contribution is 5.23. The summed E-state index contributed by atoms with van der Waals surface area (Å²) in [5, 5.41) is 0. The van der Waals surface area contributed by atoms with Gasteiger partial charge < -0.3 is 4.90 Å². The fourth-order valence-corrected chi connectivity index (χ4v) is 1.79. The Kier molecular flexibility index (Phi) is 5.27. The van der Waals surface area contributed by atoms with Crippen LogP contribution in [0.2, 0.25) is 0 Å². The zero-order valence-corrected chi connectivity index (χ0v) is 10.7. The van der Waals surface area contributed by atoms with Gasteiger partial charge in [0.2, 0.25) is 0 Å². The van der Waals surface area contributed by atoms with Crippen LogP contribution >= 0.6 is 0 Å². The molecule has 0 heterocycles. The zero-order valence-electron chi connectivity index (χ0n) is 10.7. The van der Waals surface area contributed by atoms with Crippen molar-refractivity contribution >= 4 is 0 Å². The van der Waals surface area contributed by atoms with Gasteiger partial charge in [0.25, 0.3) is 0 Å². The van der Waals surface area contributed by atoms with Gasteiger partial charge in [-0.25, -0.2) is 0 Å². The molecule has 0 bridgehead atoms. The third-order valence-corrected chi connectivity index (χ3v) is 3.03. The summed E-state index contributed by atoms with van der Waals surface area (Å²) in [6.45, 7) is 10.3. The molecule has 0 fully saturated rings. The molecule has 1 aromatic rings. The Hall–Kier alpha value is -1.08. The molecule has 0 spiro atoms. The number of hydrogen-bond donors (Lipinski definition) is 0. The van der Waals surface area contributed by atoms with Gasteiger partial charge in [0, 0.05) is 6.54 Å². The van der Waals surface area contributed by atoms with Crippen LogP contribution in [0.5, 0.6) is 0 Å². The second-order valence-electron chi connectivity index (χ2n) is 4.65. The molecule has 1 rings (SSSR count). The minimum absolute atomic E-state index is 0.632. The predicted molar refractivity (Wildman–Crippen MR) is 71.9 cm³/mol. The Bertz CT molecular complexity index is 313. The molecule has 0 saturated carbocycles. The van der Waals surface area contributed by atoms with E-state index in [2.05, 4.69) is 56.6 Å². The third-order valence-electron chi connectivity index (χ3n) is 3.03. The van der Waals surface area contributed by atoms with Gasteiger partial charge in [-0.1, -0.05) is 42.8 Å². The first-order valence-corrected chi connectivity index (χ1v) is 5.99. The molecule has 1 unspecified atom stereocenters. The van der Waals surface area contributed by atoms with Gasteiger partial charge >= 0.3 is 0 Å². The SMILES string of the molecule is C=CCN(C)CCC(C)c1ccc(C)cc1. The Balaban J connectivity index is 2.43. The highest BCUT2D eigenvalue weighted by Crippen LogP contribution is 2.19. The van der Waals surface area contributed by atoms with Crippen molar-refractivity contribution in [2.24, 2.45) is 0 Å². The summed E-state index contributed by atoms with van der Waals surface area (Å²) in [5.74, 6) is 0.632. The van der Waals surface area contributed by atoms with Crippen LogP contribution in [0.15, 0.2) is 36.9 Å². The lowest BCUT2D eigenvalue weighted by molar-refractivity contribution is 0.353. The molecule has 0 aromatic heterocycles. The van der Waals surface area contributed by atoms with E-state index in [1.54, 1.807) is 0 Å². The second-order valence-corrected chi connectivity index (χ2v) is 4.65. The molecule has 0 saturated heterocycles. The summed E-state index contributed by atoms with van der Waals surface area (Å²) in [6.07, 6.45) is 3.16. The van der Waals surface area contributed by atoms with Gasteiger partial charge in [-0.2, -0.15) is 0 Å². The quantitative estimate of drug-likeness (QED) is 0.658. The lowest BCUT2D eigenvalue weighted by Gasteiger charge is -2.18. The number of nitrogens with zero attached hydrogens (tertiary/aromatic N) is 1. The predicted octanol–water partition coefficient (Wildman–Crippen LogP) is 3.61. The average molecular weight is 217 g/mol. The van der Waals surface area contributed by atoms with E-state index in [0.29, 0.717) is 5.92 Å². The molecule has 0 radical (unpaired) electrons. The van der Waals surface area contributed by atoms with E-state index >= 15 is 0 Å². The lowest BCUT2D eigenvalue weighted by Crippen LogP contribution is -2.20.